The molecule has 3 N–H and O–H groups in total. The largest absolute Gasteiger partial charge is 0.342 e. The van der Waals surface area contributed by atoms with Crippen molar-refractivity contribution in [1.29, 1.82) is 0 Å². The molecule has 0 aliphatic carbocycles. The van der Waals surface area contributed by atoms with Crippen LogP contribution in [0.1, 0.15) is 12.8 Å². The Morgan fingerprint density at radius 2 is 2.05 bits per heavy atom. The van der Waals surface area contributed by atoms with Crippen LogP contribution in [0, 0.1) is 0 Å². The van der Waals surface area contributed by atoms with Gasteiger partial charge in [-0.1, -0.05) is 5.16 Å². The lowest BCUT2D eigenvalue weighted by Crippen LogP contribution is -2.13. The van der Waals surface area contributed by atoms with Gasteiger partial charge in [-0.15, -0.1) is 12.4 Å². The van der Waals surface area contributed by atoms with Crippen LogP contribution >= 0.6 is 12.4 Å². The van der Waals surface area contributed by atoms with Crippen molar-refractivity contribution >= 4 is 24.0 Å². The maximum absolute atomic E-state index is 11.5. The van der Waals surface area contributed by atoms with Gasteiger partial charge < -0.3 is 15.6 Å². The number of amides is 1. The first-order valence-corrected chi connectivity index (χ1v) is 5.66. The standard InChI is InChI=1S/C12H14N4O2.ClH/c13-7-1-2-11(17)15-10-5-3-9(4-6-10)12-14-8-18-16-12;/h3-6,8H,1-2,7,13H2,(H,15,17);1H. The Hall–Kier alpha value is -1.92. The van der Waals surface area contributed by atoms with Crippen molar-refractivity contribution in [2.45, 2.75) is 12.8 Å². The van der Waals surface area contributed by atoms with Gasteiger partial charge in [-0.2, -0.15) is 4.98 Å². The summed E-state index contributed by atoms with van der Waals surface area (Å²) in [5, 5.41) is 6.52. The average Bonchev–Trinajstić information content (AvgIpc) is 2.91. The highest BCUT2D eigenvalue weighted by Crippen LogP contribution is 2.17. The van der Waals surface area contributed by atoms with Gasteiger partial charge in [0, 0.05) is 17.7 Å². The normalized spacial score (nSPS) is 9.74. The van der Waals surface area contributed by atoms with Crippen molar-refractivity contribution in [3.05, 3.63) is 30.7 Å². The van der Waals surface area contributed by atoms with E-state index in [9.17, 15) is 4.79 Å². The number of aromatic nitrogens is 2. The maximum atomic E-state index is 11.5. The van der Waals surface area contributed by atoms with Gasteiger partial charge in [-0.25, -0.2) is 0 Å². The second-order valence-electron chi connectivity index (χ2n) is 3.77. The van der Waals surface area contributed by atoms with Crippen molar-refractivity contribution in [2.75, 3.05) is 11.9 Å². The van der Waals surface area contributed by atoms with E-state index in [4.69, 9.17) is 5.73 Å². The number of nitrogens with zero attached hydrogens (tertiary/aromatic N) is 2. The summed E-state index contributed by atoms with van der Waals surface area (Å²) >= 11 is 0. The molecular weight excluding hydrogens is 268 g/mol. The van der Waals surface area contributed by atoms with E-state index < -0.39 is 0 Å². The molecule has 1 amide bonds. The quantitative estimate of drug-likeness (QED) is 0.872. The van der Waals surface area contributed by atoms with Crippen LogP contribution in [0.3, 0.4) is 0 Å². The number of carbonyl (C=O) groups is 1. The third-order valence-electron chi connectivity index (χ3n) is 2.40. The zero-order valence-corrected chi connectivity index (χ0v) is 11.0. The number of nitrogens with two attached hydrogens (primary N) is 1. The molecule has 1 aromatic carbocycles. The lowest BCUT2D eigenvalue weighted by atomic mass is 10.2. The zero-order chi connectivity index (χ0) is 12.8. The summed E-state index contributed by atoms with van der Waals surface area (Å²) in [7, 11) is 0. The molecule has 102 valence electrons. The summed E-state index contributed by atoms with van der Waals surface area (Å²) in [6.07, 6.45) is 2.40. The van der Waals surface area contributed by atoms with Crippen LogP contribution in [0.2, 0.25) is 0 Å². The summed E-state index contributed by atoms with van der Waals surface area (Å²) in [6, 6.07) is 7.24. The van der Waals surface area contributed by atoms with Crippen LogP contribution in [-0.4, -0.2) is 22.6 Å². The first-order valence-electron chi connectivity index (χ1n) is 5.66. The maximum Gasteiger partial charge on any atom is 0.224 e. The molecule has 2 rings (SSSR count). The van der Waals surface area contributed by atoms with E-state index in [0.717, 1.165) is 11.3 Å². The summed E-state index contributed by atoms with van der Waals surface area (Å²) in [5.74, 6) is 0.490. The van der Waals surface area contributed by atoms with Crippen LogP contribution in [0.5, 0.6) is 0 Å². The Balaban J connectivity index is 0.00000180. The van der Waals surface area contributed by atoms with E-state index in [0.29, 0.717) is 25.2 Å². The molecule has 7 heteroatoms. The lowest BCUT2D eigenvalue weighted by Gasteiger charge is -2.04. The molecule has 0 aliphatic heterocycles. The number of halogens is 1. The van der Waals surface area contributed by atoms with E-state index in [1.165, 1.54) is 6.39 Å². The van der Waals surface area contributed by atoms with Crippen molar-refractivity contribution in [1.82, 2.24) is 10.1 Å². The van der Waals surface area contributed by atoms with E-state index in [1.807, 2.05) is 12.1 Å². The number of hydrogen-bond donors (Lipinski definition) is 2. The molecule has 0 atom stereocenters. The van der Waals surface area contributed by atoms with E-state index in [-0.39, 0.29) is 18.3 Å². The first kappa shape index (κ1) is 15.1. The summed E-state index contributed by atoms with van der Waals surface area (Å²) < 4.78 is 4.67. The third-order valence-corrected chi connectivity index (χ3v) is 2.40. The lowest BCUT2D eigenvalue weighted by molar-refractivity contribution is -0.116. The van der Waals surface area contributed by atoms with Gasteiger partial charge in [0.15, 0.2) is 0 Å². The minimum atomic E-state index is -0.0345. The molecule has 0 bridgehead atoms. The highest BCUT2D eigenvalue weighted by molar-refractivity contribution is 5.90. The van der Waals surface area contributed by atoms with Crippen molar-refractivity contribution in [2.24, 2.45) is 5.73 Å². The fourth-order valence-electron chi connectivity index (χ4n) is 1.49. The Bertz CT molecular complexity index is 499. The molecule has 1 heterocycles. The zero-order valence-electron chi connectivity index (χ0n) is 10.2. The van der Waals surface area contributed by atoms with E-state index in [1.54, 1.807) is 12.1 Å². The molecule has 0 unspecified atom stereocenters. The molecule has 2 aromatic rings. The molecule has 19 heavy (non-hydrogen) atoms. The molecule has 0 saturated heterocycles. The number of hydrogen-bond acceptors (Lipinski definition) is 5. The molecular formula is C12H15ClN4O2. The molecule has 0 spiro atoms. The highest BCUT2D eigenvalue weighted by atomic mass is 35.5. The van der Waals surface area contributed by atoms with Crippen LogP contribution in [0.4, 0.5) is 5.69 Å². The van der Waals surface area contributed by atoms with Gasteiger partial charge in [0.05, 0.1) is 0 Å². The van der Waals surface area contributed by atoms with Gasteiger partial charge in [0.25, 0.3) is 0 Å². The Morgan fingerprint density at radius 1 is 1.32 bits per heavy atom. The van der Waals surface area contributed by atoms with Crippen molar-refractivity contribution in [3.63, 3.8) is 0 Å². The fourth-order valence-corrected chi connectivity index (χ4v) is 1.49. The van der Waals surface area contributed by atoms with Gasteiger partial charge in [0.2, 0.25) is 18.1 Å². The van der Waals surface area contributed by atoms with E-state index in [2.05, 4.69) is 20.0 Å². The van der Waals surface area contributed by atoms with Crippen LogP contribution in [-0.2, 0) is 4.79 Å². The van der Waals surface area contributed by atoms with Gasteiger partial charge >= 0.3 is 0 Å². The molecule has 0 radical (unpaired) electrons. The SMILES string of the molecule is Cl.NCCCC(=O)Nc1ccc(-c2ncon2)cc1. The minimum Gasteiger partial charge on any atom is -0.342 e. The molecule has 6 nitrogen and oxygen atoms in total. The molecule has 0 saturated carbocycles. The minimum absolute atomic E-state index is 0. The Labute approximate surface area is 116 Å². The Kier molecular flexibility index (Phi) is 5.98. The van der Waals surface area contributed by atoms with Crippen molar-refractivity contribution in [3.8, 4) is 11.4 Å². The third kappa shape index (κ3) is 4.35. The monoisotopic (exact) mass is 282 g/mol. The number of benzene rings is 1. The molecule has 1 aromatic heterocycles. The number of rotatable bonds is 5. The topological polar surface area (TPSA) is 94.0 Å². The highest BCUT2D eigenvalue weighted by Gasteiger charge is 2.04. The smallest absolute Gasteiger partial charge is 0.224 e. The number of anilines is 1. The predicted octanol–water partition coefficient (Wildman–Crippen LogP) is 1.84. The predicted molar refractivity (Wildman–Crippen MR) is 73.9 cm³/mol. The average molecular weight is 283 g/mol. The summed E-state index contributed by atoms with van der Waals surface area (Å²) in [6.45, 7) is 0.518. The summed E-state index contributed by atoms with van der Waals surface area (Å²) in [4.78, 5) is 15.4. The van der Waals surface area contributed by atoms with Gasteiger partial charge in [0.1, 0.15) is 0 Å². The van der Waals surface area contributed by atoms with Crippen molar-refractivity contribution < 1.29 is 9.32 Å². The second kappa shape index (κ2) is 7.50. The Morgan fingerprint density at radius 3 is 2.63 bits per heavy atom. The fraction of sp³-hybridized carbons (Fsp3) is 0.250. The number of nitrogens with one attached hydrogen (secondary N) is 1. The first-order chi connectivity index (χ1) is 8.79. The van der Waals surface area contributed by atoms with Gasteiger partial charge in [-0.05, 0) is 37.2 Å². The van der Waals surface area contributed by atoms with Crippen LogP contribution in [0.15, 0.2) is 35.2 Å². The van der Waals surface area contributed by atoms with Crippen LogP contribution < -0.4 is 11.1 Å². The second-order valence-corrected chi connectivity index (χ2v) is 3.77. The number of carbonyl (C=O) groups excluding carboxylic acids is 1. The van der Waals surface area contributed by atoms with E-state index >= 15 is 0 Å². The van der Waals surface area contributed by atoms with Crippen LogP contribution in [0.25, 0.3) is 11.4 Å². The summed E-state index contributed by atoms with van der Waals surface area (Å²) in [5.41, 5.74) is 6.92. The van der Waals surface area contributed by atoms with Gasteiger partial charge in [-0.3, -0.25) is 4.79 Å². The molecule has 0 fully saturated rings. The molecule has 0 aliphatic rings.